The maximum absolute atomic E-state index is 15.5. The van der Waals surface area contributed by atoms with Crippen molar-refractivity contribution in [2.45, 2.75) is 25.7 Å². The molecule has 0 bridgehead atoms. The number of halogens is 5. The van der Waals surface area contributed by atoms with Crippen molar-refractivity contribution < 1.29 is 39.8 Å². The van der Waals surface area contributed by atoms with Gasteiger partial charge >= 0.3 is 11.9 Å². The van der Waals surface area contributed by atoms with E-state index in [2.05, 4.69) is 0 Å². The average molecular weight is 585 g/mol. The van der Waals surface area contributed by atoms with Crippen LogP contribution in [0.1, 0.15) is 29.7 Å². The molecule has 0 aliphatic heterocycles. The van der Waals surface area contributed by atoms with Crippen LogP contribution in [0.4, 0.5) is 22.0 Å². The molecule has 40 heavy (non-hydrogen) atoms. The Labute approximate surface area is 226 Å². The van der Waals surface area contributed by atoms with E-state index in [4.69, 9.17) is 9.47 Å². The predicted octanol–water partition coefficient (Wildman–Crippen LogP) is 5.19. The molecule has 0 radical (unpaired) electrons. The van der Waals surface area contributed by atoms with Crippen LogP contribution in [0.15, 0.2) is 59.4 Å². The van der Waals surface area contributed by atoms with Gasteiger partial charge in [-0.15, -0.1) is 0 Å². The lowest BCUT2D eigenvalue weighted by molar-refractivity contribution is -0.137. The number of sulfone groups is 1. The number of methoxy groups -OCH3 is 1. The Hall–Kier alpha value is -3.87. The minimum absolute atomic E-state index is 0.0378. The van der Waals surface area contributed by atoms with Crippen molar-refractivity contribution >= 4 is 20.9 Å². The van der Waals surface area contributed by atoms with Gasteiger partial charge in [-0.1, -0.05) is 24.3 Å². The highest BCUT2D eigenvalue weighted by atomic mass is 32.2. The third-order valence-corrected chi connectivity index (χ3v) is 7.19. The summed E-state index contributed by atoms with van der Waals surface area (Å²) in [5, 5.41) is 0. The zero-order chi connectivity index (χ0) is 29.4. The van der Waals surface area contributed by atoms with Crippen molar-refractivity contribution in [1.29, 1.82) is 0 Å². The number of hydrogen-bond acceptors (Lipinski definition) is 5. The van der Waals surface area contributed by atoms with E-state index in [-0.39, 0.29) is 29.5 Å². The second-order valence-corrected chi connectivity index (χ2v) is 11.3. The standard InChI is InChI=1S/C27H25F5N2O5S/c1-4-39-24-11-16(9-10-23(24)38-2)22(15-40(3,36)37)34-25-20(29)12-18(27(30,31)32)13-21(25)33(26(34)35)14-17-7-5-6-8-19(17)28/h5-13,22H,4,14-15H2,1-3H3/t22-/m0/s1. The first-order valence-electron chi connectivity index (χ1n) is 12.0. The summed E-state index contributed by atoms with van der Waals surface area (Å²) in [6, 6.07) is 9.11. The first kappa shape index (κ1) is 29.1. The van der Waals surface area contributed by atoms with E-state index in [9.17, 15) is 30.8 Å². The molecule has 0 aliphatic carbocycles. The van der Waals surface area contributed by atoms with E-state index in [0.29, 0.717) is 11.8 Å². The van der Waals surface area contributed by atoms with Crippen LogP contribution in [-0.4, -0.2) is 43.3 Å². The topological polar surface area (TPSA) is 79.5 Å². The van der Waals surface area contributed by atoms with E-state index in [1.54, 1.807) is 6.92 Å². The summed E-state index contributed by atoms with van der Waals surface area (Å²) in [4.78, 5) is 13.9. The summed E-state index contributed by atoms with van der Waals surface area (Å²) in [5.41, 5.74) is -3.27. The summed E-state index contributed by atoms with van der Waals surface area (Å²) in [6.45, 7) is 1.38. The molecular formula is C27H25F5N2O5S. The van der Waals surface area contributed by atoms with Gasteiger partial charge in [0.15, 0.2) is 11.5 Å². The summed E-state index contributed by atoms with van der Waals surface area (Å²) in [7, 11) is -2.46. The summed E-state index contributed by atoms with van der Waals surface area (Å²) < 4.78 is 108. The number of nitrogens with zero attached hydrogens (tertiary/aromatic N) is 2. The van der Waals surface area contributed by atoms with Crippen LogP contribution in [0.3, 0.4) is 0 Å². The number of alkyl halides is 3. The zero-order valence-corrected chi connectivity index (χ0v) is 22.4. The molecule has 4 aromatic rings. The predicted molar refractivity (Wildman–Crippen MR) is 139 cm³/mol. The molecule has 0 spiro atoms. The van der Waals surface area contributed by atoms with Gasteiger partial charge < -0.3 is 9.47 Å². The molecule has 214 valence electrons. The van der Waals surface area contributed by atoms with Gasteiger partial charge in [0, 0.05) is 11.8 Å². The van der Waals surface area contributed by atoms with Crippen LogP contribution >= 0.6 is 0 Å². The van der Waals surface area contributed by atoms with E-state index < -0.39 is 68.3 Å². The molecule has 13 heteroatoms. The Kier molecular flexibility index (Phi) is 7.97. The highest BCUT2D eigenvalue weighted by Crippen LogP contribution is 2.36. The van der Waals surface area contributed by atoms with Gasteiger partial charge in [0.1, 0.15) is 27.0 Å². The molecule has 0 saturated heterocycles. The highest BCUT2D eigenvalue weighted by Gasteiger charge is 2.35. The molecule has 4 rings (SSSR count). The van der Waals surface area contributed by atoms with Crippen molar-refractivity contribution in [3.63, 3.8) is 0 Å². The van der Waals surface area contributed by atoms with E-state index >= 15 is 4.39 Å². The van der Waals surface area contributed by atoms with Gasteiger partial charge in [0.05, 0.1) is 43.1 Å². The third-order valence-electron chi connectivity index (χ3n) is 6.27. The number of hydrogen-bond donors (Lipinski definition) is 0. The van der Waals surface area contributed by atoms with Crippen LogP contribution in [0.5, 0.6) is 11.5 Å². The monoisotopic (exact) mass is 584 g/mol. The van der Waals surface area contributed by atoms with Gasteiger partial charge in [-0.2, -0.15) is 13.2 Å². The Bertz CT molecular complexity index is 1730. The molecule has 0 N–H and O–H groups in total. The van der Waals surface area contributed by atoms with Gasteiger partial charge in [0.2, 0.25) is 0 Å². The fourth-order valence-electron chi connectivity index (χ4n) is 4.54. The van der Waals surface area contributed by atoms with E-state index in [1.807, 2.05) is 0 Å². The maximum Gasteiger partial charge on any atom is 0.416 e. The van der Waals surface area contributed by atoms with Crippen LogP contribution in [0, 0.1) is 11.6 Å². The molecule has 0 saturated carbocycles. The van der Waals surface area contributed by atoms with Crippen molar-refractivity contribution in [2.75, 3.05) is 25.7 Å². The second kappa shape index (κ2) is 11.0. The van der Waals surface area contributed by atoms with Crippen molar-refractivity contribution in [1.82, 2.24) is 9.13 Å². The van der Waals surface area contributed by atoms with Crippen LogP contribution in [0.25, 0.3) is 11.0 Å². The Morgan fingerprint density at radius 2 is 1.68 bits per heavy atom. The number of ether oxygens (including phenoxy) is 2. The Morgan fingerprint density at radius 3 is 2.27 bits per heavy atom. The van der Waals surface area contributed by atoms with E-state index in [0.717, 1.165) is 21.5 Å². The third kappa shape index (κ3) is 5.83. The van der Waals surface area contributed by atoms with Gasteiger partial charge in [-0.3, -0.25) is 9.13 Å². The minimum atomic E-state index is -4.95. The lowest BCUT2D eigenvalue weighted by Crippen LogP contribution is -2.32. The molecule has 0 unspecified atom stereocenters. The quantitative estimate of drug-likeness (QED) is 0.253. The smallest absolute Gasteiger partial charge is 0.416 e. The van der Waals surface area contributed by atoms with Gasteiger partial charge in [-0.25, -0.2) is 22.0 Å². The summed E-state index contributed by atoms with van der Waals surface area (Å²) in [6.07, 6.45) is -4.04. The van der Waals surface area contributed by atoms with E-state index in [1.165, 1.54) is 43.5 Å². The number of fused-ring (bicyclic) bond motifs is 1. The Balaban J connectivity index is 2.07. The summed E-state index contributed by atoms with van der Waals surface area (Å²) in [5.74, 6) is -2.31. The van der Waals surface area contributed by atoms with Crippen LogP contribution < -0.4 is 15.2 Å². The second-order valence-electron chi connectivity index (χ2n) is 9.11. The normalized spacial score (nSPS) is 13.0. The van der Waals surface area contributed by atoms with Crippen molar-refractivity contribution in [3.05, 3.63) is 93.4 Å². The number of benzene rings is 3. The minimum Gasteiger partial charge on any atom is -0.493 e. The van der Waals surface area contributed by atoms with Crippen molar-refractivity contribution in [2.24, 2.45) is 0 Å². The first-order chi connectivity index (χ1) is 18.7. The fourth-order valence-corrected chi connectivity index (χ4v) is 5.45. The number of aromatic nitrogens is 2. The SMILES string of the molecule is CCOc1cc([C@H](CS(C)(=O)=O)n2c(=O)n(Cc3ccccc3F)c3cc(C(F)(F)F)cc(F)c32)ccc1OC. The maximum atomic E-state index is 15.5. The molecule has 1 atom stereocenters. The zero-order valence-electron chi connectivity index (χ0n) is 21.6. The molecule has 0 fully saturated rings. The van der Waals surface area contributed by atoms with Crippen LogP contribution in [-0.2, 0) is 22.6 Å². The average Bonchev–Trinajstić information content (AvgIpc) is 3.14. The van der Waals surface area contributed by atoms with Crippen molar-refractivity contribution in [3.8, 4) is 11.5 Å². The molecule has 3 aromatic carbocycles. The lowest BCUT2D eigenvalue weighted by atomic mass is 10.1. The molecular weight excluding hydrogens is 559 g/mol. The summed E-state index contributed by atoms with van der Waals surface area (Å²) >= 11 is 0. The van der Waals surface area contributed by atoms with Gasteiger partial charge in [-0.05, 0) is 42.8 Å². The highest BCUT2D eigenvalue weighted by molar-refractivity contribution is 7.90. The van der Waals surface area contributed by atoms with Crippen LogP contribution in [0.2, 0.25) is 0 Å². The van der Waals surface area contributed by atoms with Gasteiger partial charge in [0.25, 0.3) is 0 Å². The Morgan fingerprint density at radius 1 is 0.975 bits per heavy atom. The number of rotatable bonds is 9. The lowest BCUT2D eigenvalue weighted by Gasteiger charge is -2.21. The molecule has 7 nitrogen and oxygen atoms in total. The largest absolute Gasteiger partial charge is 0.493 e. The molecule has 1 heterocycles. The fraction of sp³-hybridized carbons (Fsp3) is 0.296. The molecule has 1 aromatic heterocycles. The molecule has 0 amide bonds. The number of imidazole rings is 1. The molecule has 0 aliphatic rings. The first-order valence-corrected chi connectivity index (χ1v) is 14.0.